The summed E-state index contributed by atoms with van der Waals surface area (Å²) in [6.07, 6.45) is 1.84. The molecule has 13 heteroatoms. The van der Waals surface area contributed by atoms with Gasteiger partial charge in [-0.15, -0.1) is 23.5 Å². The van der Waals surface area contributed by atoms with E-state index in [9.17, 15) is 33.5 Å². The number of carbonyl (C=O) groups is 5. The maximum atomic E-state index is 13.1. The Bertz CT molecular complexity index is 1460. The van der Waals surface area contributed by atoms with Gasteiger partial charge >= 0.3 is 5.97 Å². The van der Waals surface area contributed by atoms with Gasteiger partial charge in [-0.25, -0.2) is 9.18 Å². The lowest BCUT2D eigenvalue weighted by molar-refractivity contribution is -0.150. The van der Waals surface area contributed by atoms with E-state index in [1.54, 1.807) is 36.4 Å². The molecule has 0 radical (unpaired) electrons. The van der Waals surface area contributed by atoms with E-state index in [4.69, 9.17) is 0 Å². The zero-order chi connectivity index (χ0) is 29.1. The van der Waals surface area contributed by atoms with Crippen LogP contribution in [0.1, 0.15) is 6.42 Å². The number of carboxylic acid groups (broad SMARTS) is 1. The number of halogens is 1. The number of thioether (sulfide) groups is 2. The number of nitrogens with zero attached hydrogens (tertiary/aromatic N) is 2. The maximum absolute atomic E-state index is 13.1. The van der Waals surface area contributed by atoms with E-state index < -0.39 is 29.2 Å². The summed E-state index contributed by atoms with van der Waals surface area (Å²) in [5.74, 6) is -3.12. The number of para-hydroxylation sites is 1. The number of nitrogens with one attached hydrogen (secondary N) is 2. The zero-order valence-electron chi connectivity index (χ0n) is 21.5. The molecule has 2 aromatic carbocycles. The topological polar surface area (TPSA) is 136 Å². The van der Waals surface area contributed by atoms with Crippen LogP contribution in [-0.2, 0) is 24.0 Å². The molecule has 3 heterocycles. The molecule has 0 aromatic heterocycles. The summed E-state index contributed by atoms with van der Waals surface area (Å²) in [6, 6.07) is 13.7. The first kappa shape index (κ1) is 28.4. The average molecular weight is 597 g/mol. The van der Waals surface area contributed by atoms with Gasteiger partial charge in [-0.2, -0.15) is 0 Å². The van der Waals surface area contributed by atoms with Crippen LogP contribution in [0.4, 0.5) is 10.1 Å². The second-order valence-corrected chi connectivity index (χ2v) is 11.6. The minimum atomic E-state index is -1.31. The number of fused-ring (bicyclic) bond motifs is 1. The lowest BCUT2D eigenvalue weighted by atomic mass is 10.0. The van der Waals surface area contributed by atoms with Gasteiger partial charge in [-0.05, 0) is 54.5 Å². The van der Waals surface area contributed by atoms with Crippen LogP contribution in [0.25, 0.3) is 0 Å². The smallest absolute Gasteiger partial charge is 0.352 e. The number of hydrogen-bond acceptors (Lipinski definition) is 7. The van der Waals surface area contributed by atoms with E-state index >= 15 is 0 Å². The van der Waals surface area contributed by atoms with Crippen molar-refractivity contribution in [1.29, 1.82) is 0 Å². The molecule has 2 aromatic rings. The highest BCUT2D eigenvalue weighted by molar-refractivity contribution is 8.00. The van der Waals surface area contributed by atoms with Gasteiger partial charge in [-0.1, -0.05) is 18.2 Å². The fourth-order valence-corrected chi connectivity index (χ4v) is 6.72. The number of rotatable bonds is 9. The van der Waals surface area contributed by atoms with Crippen molar-refractivity contribution in [2.45, 2.75) is 22.7 Å². The van der Waals surface area contributed by atoms with Crippen LogP contribution in [0.2, 0.25) is 0 Å². The Hall–Kier alpha value is -4.10. The summed E-state index contributed by atoms with van der Waals surface area (Å²) in [6.45, 7) is 0.170. The van der Waals surface area contributed by atoms with Gasteiger partial charge < -0.3 is 20.6 Å². The second kappa shape index (κ2) is 12.2. The number of carboxylic acids is 1. The van der Waals surface area contributed by atoms with Gasteiger partial charge in [0.1, 0.15) is 29.5 Å². The molecule has 0 aliphatic carbocycles. The number of amides is 4. The number of likely N-dealkylation sites (tertiary alicyclic amines) is 1. The van der Waals surface area contributed by atoms with Crippen molar-refractivity contribution in [3.8, 4) is 0 Å². The SMILES string of the molecule is O=C(CN1CCC(=CC2=C(C(=O)O)N3C(=O)[C@@H](NC(=O)CSc4ccc(F)cc4)[C@H]3SC2)C1=O)Nc1ccccc1. The molecule has 0 unspecified atom stereocenters. The number of aliphatic carboxylic acids is 1. The van der Waals surface area contributed by atoms with Crippen molar-refractivity contribution < 1.29 is 33.5 Å². The highest BCUT2D eigenvalue weighted by Crippen LogP contribution is 2.41. The molecule has 3 aliphatic heterocycles. The fourth-order valence-electron chi connectivity index (χ4n) is 4.71. The van der Waals surface area contributed by atoms with Gasteiger partial charge in [0.05, 0.1) is 5.75 Å². The predicted octanol–water partition coefficient (Wildman–Crippen LogP) is 2.45. The first-order chi connectivity index (χ1) is 19.7. The lowest BCUT2D eigenvalue weighted by Crippen LogP contribution is -2.70. The van der Waals surface area contributed by atoms with Crippen LogP contribution in [0.5, 0.6) is 0 Å². The molecule has 0 spiro atoms. The van der Waals surface area contributed by atoms with E-state index in [-0.39, 0.29) is 41.4 Å². The Kier molecular flexibility index (Phi) is 8.45. The van der Waals surface area contributed by atoms with Crippen molar-refractivity contribution in [2.24, 2.45) is 0 Å². The minimum absolute atomic E-state index is 0.00770. The van der Waals surface area contributed by atoms with Gasteiger partial charge in [-0.3, -0.25) is 24.1 Å². The van der Waals surface area contributed by atoms with Gasteiger partial charge in [0.2, 0.25) is 17.7 Å². The van der Waals surface area contributed by atoms with E-state index in [0.29, 0.717) is 34.7 Å². The van der Waals surface area contributed by atoms with Crippen molar-refractivity contribution in [3.63, 3.8) is 0 Å². The Balaban J connectivity index is 1.21. The standard InChI is InChI=1S/C28H25FN4O6S2/c29-18-6-8-20(9-7-18)40-15-22(35)31-23-26(37)33-24(28(38)39)17(14-41-27(23)33)12-16-10-11-32(25(16)36)13-21(34)30-19-4-2-1-3-5-19/h1-9,12,23,27H,10-11,13-15H2,(H,30,34)(H,31,35)(H,38,39)/t23-,27-/m1/s1. The van der Waals surface area contributed by atoms with Crippen molar-refractivity contribution in [2.75, 3.05) is 29.9 Å². The highest BCUT2D eigenvalue weighted by atomic mass is 32.2. The van der Waals surface area contributed by atoms with Crippen LogP contribution < -0.4 is 10.6 Å². The molecule has 2 fully saturated rings. The summed E-state index contributed by atoms with van der Waals surface area (Å²) in [4.78, 5) is 66.2. The number of hydrogen-bond donors (Lipinski definition) is 3. The van der Waals surface area contributed by atoms with E-state index in [2.05, 4.69) is 10.6 Å². The van der Waals surface area contributed by atoms with Crippen molar-refractivity contribution >= 4 is 58.8 Å². The molecular formula is C28H25FN4O6S2. The molecule has 3 N–H and O–H groups in total. The molecular weight excluding hydrogens is 571 g/mol. The molecule has 4 amide bonds. The van der Waals surface area contributed by atoms with Crippen LogP contribution >= 0.6 is 23.5 Å². The fraction of sp³-hybridized carbons (Fsp3) is 0.250. The third-order valence-corrected chi connectivity index (χ3v) is 8.97. The molecule has 2 saturated heterocycles. The summed E-state index contributed by atoms with van der Waals surface area (Å²) >= 11 is 2.49. The highest BCUT2D eigenvalue weighted by Gasteiger charge is 2.54. The predicted molar refractivity (Wildman–Crippen MR) is 151 cm³/mol. The number of anilines is 1. The van der Waals surface area contributed by atoms with Crippen molar-refractivity contribution in [3.05, 3.63) is 83.3 Å². The molecule has 0 bridgehead atoms. The Morgan fingerprint density at radius 3 is 2.51 bits per heavy atom. The monoisotopic (exact) mass is 596 g/mol. The number of β-lactam (4-membered cyclic amide) rings is 1. The molecule has 41 heavy (non-hydrogen) atoms. The summed E-state index contributed by atoms with van der Waals surface area (Å²) < 4.78 is 13.1. The zero-order valence-corrected chi connectivity index (χ0v) is 23.2. The first-order valence-corrected chi connectivity index (χ1v) is 14.7. The molecule has 2 atom stereocenters. The third kappa shape index (κ3) is 6.30. The summed E-state index contributed by atoms with van der Waals surface area (Å²) in [5.41, 5.74) is 1.08. The quantitative estimate of drug-likeness (QED) is 0.228. The van der Waals surface area contributed by atoms with E-state index in [1.165, 1.54) is 46.6 Å². The van der Waals surface area contributed by atoms with Crippen LogP contribution in [0.3, 0.4) is 0 Å². The number of benzene rings is 2. The minimum Gasteiger partial charge on any atom is -0.477 e. The van der Waals surface area contributed by atoms with Crippen LogP contribution in [0, 0.1) is 5.82 Å². The number of allylic oxidation sites excluding steroid dienone is 1. The molecule has 5 rings (SSSR count). The molecule has 10 nitrogen and oxygen atoms in total. The van der Waals surface area contributed by atoms with Crippen molar-refractivity contribution in [1.82, 2.24) is 15.1 Å². The first-order valence-electron chi connectivity index (χ1n) is 12.6. The Labute approximate surface area is 243 Å². The van der Waals surface area contributed by atoms with Crippen LogP contribution in [-0.4, -0.2) is 80.5 Å². The molecule has 212 valence electrons. The van der Waals surface area contributed by atoms with Crippen LogP contribution in [0.15, 0.2) is 82.4 Å². The summed E-state index contributed by atoms with van der Waals surface area (Å²) in [7, 11) is 0. The third-order valence-electron chi connectivity index (χ3n) is 6.65. The average Bonchev–Trinajstić information content (AvgIpc) is 3.29. The lowest BCUT2D eigenvalue weighted by Gasteiger charge is -2.49. The summed E-state index contributed by atoms with van der Waals surface area (Å²) in [5, 5.41) is 14.8. The largest absolute Gasteiger partial charge is 0.477 e. The van der Waals surface area contributed by atoms with Gasteiger partial charge in [0.25, 0.3) is 5.91 Å². The van der Waals surface area contributed by atoms with Gasteiger partial charge in [0, 0.05) is 28.5 Å². The normalized spacial score (nSPS) is 21.0. The Morgan fingerprint density at radius 2 is 1.80 bits per heavy atom. The molecule has 3 aliphatic rings. The maximum Gasteiger partial charge on any atom is 0.352 e. The number of carbonyl (C=O) groups excluding carboxylic acids is 4. The molecule has 0 saturated carbocycles. The van der Waals surface area contributed by atoms with E-state index in [0.717, 1.165) is 4.90 Å². The second-order valence-electron chi connectivity index (χ2n) is 9.44. The Morgan fingerprint density at radius 1 is 1.07 bits per heavy atom. The van der Waals surface area contributed by atoms with Gasteiger partial charge in [0.15, 0.2) is 0 Å². The van der Waals surface area contributed by atoms with E-state index in [1.807, 2.05) is 6.07 Å².